The summed E-state index contributed by atoms with van der Waals surface area (Å²) in [6.07, 6.45) is 7.81. The van der Waals surface area contributed by atoms with Gasteiger partial charge in [-0.3, -0.25) is 24.0 Å². The first-order valence-corrected chi connectivity index (χ1v) is 15.0. The van der Waals surface area contributed by atoms with Crippen LogP contribution in [0.1, 0.15) is 50.8 Å². The molecule has 2 aromatic rings. The van der Waals surface area contributed by atoms with E-state index in [4.69, 9.17) is 0 Å². The van der Waals surface area contributed by atoms with E-state index in [0.717, 1.165) is 24.4 Å². The van der Waals surface area contributed by atoms with Gasteiger partial charge in [-0.25, -0.2) is 0 Å². The number of amides is 3. The van der Waals surface area contributed by atoms with Crippen molar-refractivity contribution < 1.29 is 14.4 Å². The van der Waals surface area contributed by atoms with E-state index in [-0.39, 0.29) is 30.7 Å². The molecule has 1 aromatic heterocycles. The molecule has 2 N–H and O–H groups in total. The Balaban J connectivity index is 1.24. The Labute approximate surface area is 241 Å². The molecule has 10 nitrogen and oxygen atoms in total. The number of piperazine rings is 1. The van der Waals surface area contributed by atoms with Crippen LogP contribution in [0.5, 0.6) is 0 Å². The summed E-state index contributed by atoms with van der Waals surface area (Å²) in [5, 5.41) is 14.3. The molecule has 0 spiro atoms. The van der Waals surface area contributed by atoms with E-state index in [1.54, 1.807) is 15.8 Å². The van der Waals surface area contributed by atoms with Gasteiger partial charge in [0.25, 0.3) is 0 Å². The summed E-state index contributed by atoms with van der Waals surface area (Å²) in [5.41, 5.74) is 3.42. The smallest absolute Gasteiger partial charge is 0.246 e. The van der Waals surface area contributed by atoms with Gasteiger partial charge in [0.05, 0.1) is 12.7 Å². The Morgan fingerprint density at radius 1 is 1.07 bits per heavy atom. The van der Waals surface area contributed by atoms with E-state index in [0.29, 0.717) is 56.0 Å². The summed E-state index contributed by atoms with van der Waals surface area (Å²) in [6, 6.07) is 8.30. The van der Waals surface area contributed by atoms with Crippen LogP contribution in [0.25, 0.3) is 0 Å². The van der Waals surface area contributed by atoms with Crippen LogP contribution in [0.15, 0.2) is 48.2 Å². The van der Waals surface area contributed by atoms with Crippen molar-refractivity contribution in [3.8, 4) is 0 Å². The Morgan fingerprint density at radius 2 is 1.90 bits per heavy atom. The van der Waals surface area contributed by atoms with Crippen molar-refractivity contribution in [2.24, 2.45) is 17.3 Å². The van der Waals surface area contributed by atoms with E-state index in [1.807, 2.05) is 30.3 Å². The Bertz CT molecular complexity index is 1320. The topological polar surface area (TPSA) is 112 Å². The third-order valence-corrected chi connectivity index (χ3v) is 9.78. The van der Waals surface area contributed by atoms with Crippen LogP contribution >= 0.6 is 0 Å². The van der Waals surface area contributed by atoms with E-state index < -0.39 is 12.1 Å². The second-order valence-corrected chi connectivity index (χ2v) is 12.7. The maximum atomic E-state index is 14.1. The molecule has 2 aliphatic heterocycles. The third kappa shape index (κ3) is 5.80. The van der Waals surface area contributed by atoms with Crippen molar-refractivity contribution in [3.05, 3.63) is 59.4 Å². The van der Waals surface area contributed by atoms with E-state index in [1.165, 1.54) is 12.0 Å². The molecule has 2 fully saturated rings. The van der Waals surface area contributed by atoms with Crippen LogP contribution in [0.4, 0.5) is 0 Å². The molecule has 1 saturated heterocycles. The largest absolute Gasteiger partial charge is 0.348 e. The fourth-order valence-corrected chi connectivity index (χ4v) is 7.13. The predicted molar refractivity (Wildman–Crippen MR) is 153 cm³/mol. The lowest BCUT2D eigenvalue weighted by Gasteiger charge is -2.57. The monoisotopic (exact) mass is 559 g/mol. The Morgan fingerprint density at radius 3 is 2.68 bits per heavy atom. The zero-order valence-electron chi connectivity index (χ0n) is 24.1. The van der Waals surface area contributed by atoms with Crippen molar-refractivity contribution >= 4 is 17.7 Å². The second kappa shape index (κ2) is 11.4. The zero-order valence-corrected chi connectivity index (χ0v) is 24.1. The number of nitrogens with zero attached hydrogens (tertiary/aromatic N) is 5. The molecule has 4 bridgehead atoms. The highest BCUT2D eigenvalue weighted by Crippen LogP contribution is 2.59. The number of fused-ring (bicyclic) bond motifs is 4. The summed E-state index contributed by atoms with van der Waals surface area (Å²) in [7, 11) is 0. The van der Waals surface area contributed by atoms with Crippen molar-refractivity contribution in [3.63, 3.8) is 0 Å². The molecule has 0 radical (unpaired) electrons. The van der Waals surface area contributed by atoms with E-state index >= 15 is 0 Å². The molecule has 5 aliphatic rings. The standard InChI is InChI=1S/C31H41N7O3/c1-31(2)23-11-10-22(25(31)16-23)18-36-13-14-38-27(20-36)29(40)32-17-24-19-37(35-34-24)12-6-9-28(39)33-26(30(38)41)15-21-7-4-3-5-8-21/h3-5,7-8,10,19,23,25-27H,6,9,11-18,20H2,1-2H3,(H,32,40)(H,33,39)/t23-,25-,26-,27+/m0/s1. The van der Waals surface area contributed by atoms with Crippen LogP contribution < -0.4 is 10.6 Å². The van der Waals surface area contributed by atoms with E-state index in [9.17, 15) is 14.4 Å². The van der Waals surface area contributed by atoms with Crippen molar-refractivity contribution in [1.82, 2.24) is 35.4 Å². The molecule has 3 heterocycles. The lowest BCUT2D eigenvalue weighted by atomic mass is 9.49. The van der Waals surface area contributed by atoms with Gasteiger partial charge in [-0.1, -0.05) is 61.0 Å². The Kier molecular flexibility index (Phi) is 7.68. The number of carbonyl (C=O) groups is 3. The predicted octanol–water partition coefficient (Wildman–Crippen LogP) is 1.92. The number of aryl methyl sites for hydroxylation is 1. The van der Waals surface area contributed by atoms with Gasteiger partial charge < -0.3 is 15.5 Å². The fourth-order valence-electron chi connectivity index (χ4n) is 7.13. The zero-order chi connectivity index (χ0) is 28.6. The summed E-state index contributed by atoms with van der Waals surface area (Å²) < 4.78 is 1.69. The van der Waals surface area contributed by atoms with Gasteiger partial charge in [0, 0.05) is 45.6 Å². The van der Waals surface area contributed by atoms with Crippen LogP contribution in [0.3, 0.4) is 0 Å². The van der Waals surface area contributed by atoms with E-state index in [2.05, 4.69) is 45.8 Å². The first kappa shape index (κ1) is 27.6. The quantitative estimate of drug-likeness (QED) is 0.554. The van der Waals surface area contributed by atoms with Gasteiger partial charge in [-0.05, 0) is 42.1 Å². The molecule has 41 heavy (non-hydrogen) atoms. The summed E-state index contributed by atoms with van der Waals surface area (Å²) in [5.74, 6) is 0.769. The lowest BCUT2D eigenvalue weighted by Crippen LogP contribution is -2.64. The molecule has 0 unspecified atom stereocenters. The number of allylic oxidation sites excluding steroid dienone is 1. The third-order valence-electron chi connectivity index (χ3n) is 9.78. The molecule has 1 aromatic carbocycles. The van der Waals surface area contributed by atoms with Gasteiger partial charge in [0.15, 0.2) is 0 Å². The normalized spacial score (nSPS) is 28.8. The fraction of sp³-hybridized carbons (Fsp3) is 0.581. The van der Waals surface area contributed by atoms with Gasteiger partial charge in [0.2, 0.25) is 17.7 Å². The molecule has 7 rings (SSSR count). The van der Waals surface area contributed by atoms with Crippen LogP contribution in [-0.2, 0) is 33.9 Å². The number of benzene rings is 1. The van der Waals surface area contributed by atoms with Gasteiger partial charge >= 0.3 is 0 Å². The van der Waals surface area contributed by atoms with Crippen molar-refractivity contribution in [2.45, 2.75) is 71.1 Å². The number of hydrogen-bond acceptors (Lipinski definition) is 6. The van der Waals surface area contributed by atoms with Gasteiger partial charge in [-0.15, -0.1) is 5.10 Å². The van der Waals surface area contributed by atoms with Crippen molar-refractivity contribution in [1.29, 1.82) is 0 Å². The number of hydrogen-bond donors (Lipinski definition) is 2. The number of rotatable bonds is 4. The molecule has 218 valence electrons. The van der Waals surface area contributed by atoms with Gasteiger partial charge in [-0.2, -0.15) is 0 Å². The SMILES string of the molecule is CC1(C)[C@H]2CC=C(CN3CCN4C(=O)[C@H](Cc5ccccc5)NC(=O)CCCn5cc(nn5)CNC(=O)[C@H]4C3)[C@@H]1C2. The van der Waals surface area contributed by atoms with Crippen LogP contribution in [0.2, 0.25) is 0 Å². The maximum Gasteiger partial charge on any atom is 0.246 e. The highest BCUT2D eigenvalue weighted by Gasteiger charge is 2.51. The average Bonchev–Trinajstić information content (AvgIpc) is 3.43. The minimum Gasteiger partial charge on any atom is -0.348 e. The summed E-state index contributed by atoms with van der Waals surface area (Å²) in [6.45, 7) is 7.91. The summed E-state index contributed by atoms with van der Waals surface area (Å²) >= 11 is 0. The van der Waals surface area contributed by atoms with Crippen LogP contribution in [-0.4, -0.2) is 80.8 Å². The molecular formula is C31H41N7O3. The second-order valence-electron chi connectivity index (χ2n) is 12.7. The average molecular weight is 560 g/mol. The first-order chi connectivity index (χ1) is 19.8. The van der Waals surface area contributed by atoms with Crippen molar-refractivity contribution in [2.75, 3.05) is 26.2 Å². The number of carbonyl (C=O) groups excluding carboxylic acids is 3. The summed E-state index contributed by atoms with van der Waals surface area (Å²) in [4.78, 5) is 44.8. The minimum absolute atomic E-state index is 0.181. The molecule has 10 heteroatoms. The molecular weight excluding hydrogens is 518 g/mol. The first-order valence-electron chi connectivity index (χ1n) is 15.0. The molecule has 3 aliphatic carbocycles. The Hall–Kier alpha value is -3.53. The van der Waals surface area contributed by atoms with Gasteiger partial charge in [0.1, 0.15) is 17.8 Å². The molecule has 1 saturated carbocycles. The minimum atomic E-state index is -0.747. The molecule has 3 amide bonds. The van der Waals surface area contributed by atoms with Crippen LogP contribution in [0, 0.1) is 17.3 Å². The lowest BCUT2D eigenvalue weighted by molar-refractivity contribution is -0.146. The highest BCUT2D eigenvalue weighted by molar-refractivity contribution is 5.92. The highest BCUT2D eigenvalue weighted by atomic mass is 16.2. The molecule has 4 atom stereocenters. The number of nitrogens with one attached hydrogen (secondary N) is 2. The number of aromatic nitrogens is 3. The maximum absolute atomic E-state index is 14.1.